The first-order chi connectivity index (χ1) is 21.4. The number of hydrogen-bond donors (Lipinski definition) is 3. The van der Waals surface area contributed by atoms with Gasteiger partial charge in [0.1, 0.15) is 6.61 Å². The van der Waals surface area contributed by atoms with Crippen LogP contribution >= 0.6 is 23.2 Å². The van der Waals surface area contributed by atoms with Crippen LogP contribution in [0.15, 0.2) is 18.2 Å². The van der Waals surface area contributed by atoms with E-state index < -0.39 is 6.09 Å². The van der Waals surface area contributed by atoms with Crippen LogP contribution in [0.25, 0.3) is 0 Å². The third-order valence-electron chi connectivity index (χ3n) is 13.3. The van der Waals surface area contributed by atoms with E-state index in [1.54, 1.807) is 23.1 Å². The molecule has 0 unspecified atom stereocenters. The molecule has 2 amide bonds. The molecule has 4 aliphatic carbocycles. The number of rotatable bonds is 7. The fourth-order valence-electron chi connectivity index (χ4n) is 11.0. The van der Waals surface area contributed by atoms with Crippen molar-refractivity contribution in [1.82, 2.24) is 10.2 Å². The molecule has 1 aromatic rings. The number of hydrogen-bond acceptors (Lipinski definition) is 5. The van der Waals surface area contributed by atoms with E-state index in [2.05, 4.69) is 26.1 Å². The molecule has 250 valence electrons. The molecule has 0 bridgehead atoms. The summed E-state index contributed by atoms with van der Waals surface area (Å²) in [5.41, 5.74) is 1.18. The summed E-state index contributed by atoms with van der Waals surface area (Å²) in [4.78, 5) is 27.3. The van der Waals surface area contributed by atoms with Crippen LogP contribution in [0.5, 0.6) is 0 Å². The van der Waals surface area contributed by atoms with Gasteiger partial charge in [-0.3, -0.25) is 4.79 Å². The summed E-state index contributed by atoms with van der Waals surface area (Å²) in [5.74, 6) is 2.94. The van der Waals surface area contributed by atoms with Gasteiger partial charge in [-0.05, 0) is 134 Å². The highest BCUT2D eigenvalue weighted by molar-refractivity contribution is 6.34. The van der Waals surface area contributed by atoms with Crippen LogP contribution in [-0.2, 0) is 16.1 Å². The average molecular weight is 664 g/mol. The normalized spacial score (nSPS) is 39.8. The highest BCUT2D eigenvalue weighted by Gasteiger charge is 2.62. The first kappa shape index (κ1) is 33.4. The molecule has 11 atom stereocenters. The molecular weight excluding hydrogens is 611 g/mol. The zero-order chi connectivity index (χ0) is 32.1. The fraction of sp³-hybridized carbons (Fsp3) is 0.778. The second kappa shape index (κ2) is 13.2. The average Bonchev–Trinajstić information content (AvgIpc) is 3.59. The van der Waals surface area contributed by atoms with E-state index in [-0.39, 0.29) is 41.6 Å². The summed E-state index contributed by atoms with van der Waals surface area (Å²) >= 11 is 12.1. The Morgan fingerprint density at radius 1 is 1.00 bits per heavy atom. The zero-order valence-electron chi connectivity index (χ0n) is 27.2. The maximum atomic E-state index is 13.0. The zero-order valence-corrected chi connectivity index (χ0v) is 28.7. The van der Waals surface area contributed by atoms with Gasteiger partial charge in [0, 0.05) is 35.6 Å². The predicted octanol–water partition coefficient (Wildman–Crippen LogP) is 7.23. The van der Waals surface area contributed by atoms with Gasteiger partial charge in [0.05, 0.1) is 12.2 Å². The summed E-state index contributed by atoms with van der Waals surface area (Å²) in [7, 11) is 0. The molecule has 3 N–H and O–H groups in total. The minimum Gasteiger partial charge on any atom is -0.445 e. The van der Waals surface area contributed by atoms with Gasteiger partial charge in [-0.25, -0.2) is 4.79 Å². The Hall–Kier alpha value is -1.54. The number of halogens is 2. The molecule has 9 heteroatoms. The van der Waals surface area contributed by atoms with E-state index in [0.29, 0.717) is 71.5 Å². The number of nitrogens with zero attached hydrogens (tertiary/aromatic N) is 1. The van der Waals surface area contributed by atoms with Crippen molar-refractivity contribution < 1.29 is 24.5 Å². The van der Waals surface area contributed by atoms with Gasteiger partial charge in [-0.1, -0.05) is 44.0 Å². The summed E-state index contributed by atoms with van der Waals surface area (Å²) in [6.45, 7) is 8.37. The topological polar surface area (TPSA) is 99.1 Å². The standard InChI is InChI=1S/C36H52Cl2N2O5/c1-21(4-7-32(43)39-26-10-13-40(19-26)34(44)45-20-22-14-24(37)18-25(38)15-22)28-5-6-29-33-30(9-12-36(28,29)3)35(2)11-8-27(41)16-23(35)17-31(33)42/h14-15,18,21,23,26-31,33,41-42H,4-13,16-17,19-20H2,1-3H3,(H,39,43)/t21-,23+,26-,27-,28-,29+,30+,31+,33+,35+,36-/m1/s1. The van der Waals surface area contributed by atoms with E-state index in [1.165, 1.54) is 25.7 Å². The van der Waals surface area contributed by atoms with Gasteiger partial charge in [-0.15, -0.1) is 0 Å². The quantitative estimate of drug-likeness (QED) is 0.286. The molecule has 0 radical (unpaired) electrons. The lowest BCUT2D eigenvalue weighted by Gasteiger charge is -2.62. The van der Waals surface area contributed by atoms with E-state index in [4.69, 9.17) is 27.9 Å². The molecule has 1 aromatic carbocycles. The van der Waals surface area contributed by atoms with Crippen LogP contribution < -0.4 is 5.32 Å². The Morgan fingerprint density at radius 2 is 1.71 bits per heavy atom. The summed E-state index contributed by atoms with van der Waals surface area (Å²) in [6, 6.07) is 5.02. The molecule has 5 aliphatic rings. The Labute approximate surface area is 278 Å². The smallest absolute Gasteiger partial charge is 0.410 e. The predicted molar refractivity (Wildman–Crippen MR) is 176 cm³/mol. The van der Waals surface area contributed by atoms with E-state index in [1.807, 2.05) is 0 Å². The number of fused-ring (bicyclic) bond motifs is 5. The van der Waals surface area contributed by atoms with Gasteiger partial charge in [0.2, 0.25) is 5.91 Å². The van der Waals surface area contributed by atoms with E-state index in [9.17, 15) is 19.8 Å². The van der Waals surface area contributed by atoms with Crippen molar-refractivity contribution in [2.75, 3.05) is 13.1 Å². The lowest BCUT2D eigenvalue weighted by Crippen LogP contribution is -2.58. The lowest BCUT2D eigenvalue weighted by molar-refractivity contribution is -0.174. The third kappa shape index (κ3) is 6.62. The Kier molecular flexibility index (Phi) is 9.76. The minimum atomic E-state index is -0.399. The second-order valence-electron chi connectivity index (χ2n) is 15.8. The SMILES string of the molecule is C[C@H](CCC(=O)N[C@@H]1CCN(C(=O)OCc2cc(Cl)cc(Cl)c2)C1)[C@H]1CC[C@H]2[C@@H]3[C@@H](O)C[C@@H]4C[C@H](O)CC[C@]4(C)[C@H]3CC[C@]12C. The first-order valence-electron chi connectivity index (χ1n) is 17.4. The van der Waals surface area contributed by atoms with Crippen LogP contribution in [-0.4, -0.2) is 58.5 Å². The molecule has 1 aliphatic heterocycles. The van der Waals surface area contributed by atoms with E-state index >= 15 is 0 Å². The molecule has 4 saturated carbocycles. The number of aliphatic hydroxyl groups excluding tert-OH is 2. The largest absolute Gasteiger partial charge is 0.445 e. The van der Waals surface area contributed by atoms with Crippen LogP contribution in [0.2, 0.25) is 10.0 Å². The van der Waals surface area contributed by atoms with Crippen molar-refractivity contribution in [1.29, 1.82) is 0 Å². The van der Waals surface area contributed by atoms with Gasteiger partial charge >= 0.3 is 6.09 Å². The van der Waals surface area contributed by atoms with Gasteiger partial charge in [0.25, 0.3) is 0 Å². The number of amides is 2. The van der Waals surface area contributed by atoms with Gasteiger partial charge < -0.3 is 25.2 Å². The maximum absolute atomic E-state index is 13.0. The number of likely N-dealkylation sites (tertiary alicyclic amines) is 1. The number of carbonyl (C=O) groups excluding carboxylic acids is 2. The van der Waals surface area contributed by atoms with Crippen molar-refractivity contribution in [3.05, 3.63) is 33.8 Å². The molecule has 45 heavy (non-hydrogen) atoms. The molecule has 0 spiro atoms. The van der Waals surface area contributed by atoms with Crippen LogP contribution in [0.3, 0.4) is 0 Å². The second-order valence-corrected chi connectivity index (χ2v) is 16.7. The molecule has 6 rings (SSSR count). The van der Waals surface area contributed by atoms with Crippen molar-refractivity contribution in [2.45, 2.75) is 116 Å². The number of benzene rings is 1. The molecule has 5 fully saturated rings. The Bertz CT molecular complexity index is 1240. The molecule has 1 heterocycles. The summed E-state index contributed by atoms with van der Waals surface area (Å²) in [5, 5.41) is 26.1. The van der Waals surface area contributed by atoms with Crippen molar-refractivity contribution in [2.24, 2.45) is 46.3 Å². The number of ether oxygens (including phenoxy) is 1. The number of aliphatic hydroxyl groups is 2. The number of carbonyl (C=O) groups is 2. The van der Waals surface area contributed by atoms with Crippen LogP contribution in [0.4, 0.5) is 4.79 Å². The Balaban J connectivity index is 0.975. The summed E-state index contributed by atoms with van der Waals surface area (Å²) in [6.07, 6.45) is 9.61. The molecule has 1 saturated heterocycles. The first-order valence-corrected chi connectivity index (χ1v) is 18.1. The Morgan fingerprint density at radius 3 is 2.47 bits per heavy atom. The minimum absolute atomic E-state index is 0.0557. The lowest BCUT2D eigenvalue weighted by atomic mass is 9.43. The monoisotopic (exact) mass is 662 g/mol. The fourth-order valence-corrected chi connectivity index (χ4v) is 11.6. The van der Waals surface area contributed by atoms with Crippen LogP contribution in [0.1, 0.15) is 97.0 Å². The number of nitrogens with one attached hydrogen (secondary N) is 1. The molecule has 7 nitrogen and oxygen atoms in total. The van der Waals surface area contributed by atoms with Crippen molar-refractivity contribution in [3.63, 3.8) is 0 Å². The van der Waals surface area contributed by atoms with Crippen molar-refractivity contribution >= 4 is 35.2 Å². The van der Waals surface area contributed by atoms with Crippen LogP contribution in [0, 0.1) is 46.3 Å². The van der Waals surface area contributed by atoms with E-state index in [0.717, 1.165) is 37.7 Å². The maximum Gasteiger partial charge on any atom is 0.410 e. The third-order valence-corrected chi connectivity index (χ3v) is 13.8. The van der Waals surface area contributed by atoms with Gasteiger partial charge in [0.15, 0.2) is 0 Å². The molecular formula is C36H52Cl2N2O5. The van der Waals surface area contributed by atoms with Gasteiger partial charge in [-0.2, -0.15) is 0 Å². The highest BCUT2D eigenvalue weighted by atomic mass is 35.5. The molecule has 0 aromatic heterocycles. The summed E-state index contributed by atoms with van der Waals surface area (Å²) < 4.78 is 5.47. The van der Waals surface area contributed by atoms with Crippen molar-refractivity contribution in [3.8, 4) is 0 Å². The highest BCUT2D eigenvalue weighted by Crippen LogP contribution is 2.68.